The van der Waals surface area contributed by atoms with E-state index in [4.69, 9.17) is 9.59 Å². The third kappa shape index (κ3) is 13.5. The van der Waals surface area contributed by atoms with Crippen LogP contribution in [0.3, 0.4) is 0 Å². The van der Waals surface area contributed by atoms with E-state index in [-0.39, 0.29) is 30.6 Å². The molecule has 0 aliphatic heterocycles. The van der Waals surface area contributed by atoms with Crippen LogP contribution in [0.2, 0.25) is 0 Å². The van der Waals surface area contributed by atoms with Crippen molar-refractivity contribution >= 4 is 18.5 Å². The monoisotopic (exact) mass is 564 g/mol. The molecule has 2 atom stereocenters. The molecule has 3 N–H and O–H groups in total. The Morgan fingerprint density at radius 1 is 1.18 bits per heavy atom. The third-order valence-electron chi connectivity index (χ3n) is 5.69. The van der Waals surface area contributed by atoms with E-state index < -0.39 is 17.2 Å². The van der Waals surface area contributed by atoms with Gasteiger partial charge in [-0.05, 0) is 78.2 Å². The molecule has 0 saturated carbocycles. The van der Waals surface area contributed by atoms with Gasteiger partial charge in [0, 0.05) is 25.7 Å². The number of hydrogen-bond donors (Lipinski definition) is 3. The van der Waals surface area contributed by atoms with E-state index in [1.54, 1.807) is 19.1 Å². The Balaban J connectivity index is 0.00000167. The second-order valence-electron chi connectivity index (χ2n) is 9.94. The SMILES string of the molecule is CCC(C(C)CNCCn1cnc(C(=O)NCc2ccc(F)c(C)c2)c(O)c1=O)N(C)C.CN(C)C.O=CC=O. The molecule has 1 heterocycles. The number of carbonyl (C=O) groups excluding carboxylic acids is 3. The van der Waals surface area contributed by atoms with Gasteiger partial charge in [0.25, 0.3) is 11.5 Å². The number of nitrogens with zero attached hydrogens (tertiary/aromatic N) is 4. The fraction of sp³-hybridized carbons (Fsp3) is 0.536. The summed E-state index contributed by atoms with van der Waals surface area (Å²) < 4.78 is 14.6. The normalized spacial score (nSPS) is 12.0. The molecule has 0 saturated heterocycles. The van der Waals surface area contributed by atoms with E-state index in [0.717, 1.165) is 13.0 Å². The number of aromatic nitrogens is 2. The second kappa shape index (κ2) is 19.6. The summed E-state index contributed by atoms with van der Waals surface area (Å²) in [5.41, 5.74) is 0.168. The summed E-state index contributed by atoms with van der Waals surface area (Å²) in [5, 5.41) is 16.1. The van der Waals surface area contributed by atoms with E-state index in [1.807, 2.05) is 26.0 Å². The number of aldehydes is 2. The van der Waals surface area contributed by atoms with Gasteiger partial charge in [0.05, 0.1) is 6.33 Å². The standard InChI is InChI=1S/C23H34FN5O3.C3H9N.C2H2O2/c1-6-19(28(4)5)16(3)12-25-9-10-29-14-27-20(21(30)23(29)32)22(31)26-13-17-7-8-18(24)15(2)11-17;1-4(2)3;3-1-2-4/h7-8,11,14,16,19,25,30H,6,9-10,12-13H2,1-5H3,(H,26,31);1-3H3;1-2H. The summed E-state index contributed by atoms with van der Waals surface area (Å²) in [6, 6.07) is 4.97. The average Bonchev–Trinajstić information content (AvgIpc) is 2.89. The quantitative estimate of drug-likeness (QED) is 0.199. The molecule has 2 rings (SSSR count). The van der Waals surface area contributed by atoms with Gasteiger partial charge in [-0.25, -0.2) is 9.37 Å². The van der Waals surface area contributed by atoms with Crippen molar-refractivity contribution in [1.82, 2.24) is 30.0 Å². The topological polar surface area (TPSA) is 137 Å². The van der Waals surface area contributed by atoms with Gasteiger partial charge in [0.15, 0.2) is 18.3 Å². The lowest BCUT2D eigenvalue weighted by Gasteiger charge is -2.29. The van der Waals surface area contributed by atoms with Crippen molar-refractivity contribution in [2.45, 2.75) is 46.3 Å². The molecule has 11 nitrogen and oxygen atoms in total. The lowest BCUT2D eigenvalue weighted by molar-refractivity contribution is -0.122. The maximum Gasteiger partial charge on any atom is 0.296 e. The zero-order valence-electron chi connectivity index (χ0n) is 24.9. The van der Waals surface area contributed by atoms with Gasteiger partial charge in [-0.2, -0.15) is 0 Å². The van der Waals surface area contributed by atoms with E-state index >= 15 is 0 Å². The molecule has 2 aromatic rings. The lowest BCUT2D eigenvalue weighted by Crippen LogP contribution is -2.39. The molecule has 0 aliphatic rings. The minimum absolute atomic E-state index is 0.123. The average molecular weight is 565 g/mol. The molecule has 0 radical (unpaired) electrons. The van der Waals surface area contributed by atoms with Crippen LogP contribution >= 0.6 is 0 Å². The third-order valence-corrected chi connectivity index (χ3v) is 5.69. The predicted molar refractivity (Wildman–Crippen MR) is 154 cm³/mol. The van der Waals surface area contributed by atoms with Gasteiger partial charge >= 0.3 is 0 Å². The number of rotatable bonds is 12. The number of halogens is 1. The van der Waals surface area contributed by atoms with E-state index in [2.05, 4.69) is 48.5 Å². The number of hydrogen-bond acceptors (Lipinski definition) is 9. The fourth-order valence-electron chi connectivity index (χ4n) is 3.83. The largest absolute Gasteiger partial charge is 0.501 e. The van der Waals surface area contributed by atoms with Crippen molar-refractivity contribution < 1.29 is 23.9 Å². The Kier molecular flexibility index (Phi) is 17.9. The van der Waals surface area contributed by atoms with Crippen molar-refractivity contribution in [2.24, 2.45) is 5.92 Å². The maximum absolute atomic E-state index is 13.4. The van der Waals surface area contributed by atoms with Crippen LogP contribution in [0.4, 0.5) is 4.39 Å². The first-order chi connectivity index (χ1) is 18.8. The maximum atomic E-state index is 13.4. The van der Waals surface area contributed by atoms with E-state index in [0.29, 0.717) is 36.2 Å². The van der Waals surface area contributed by atoms with Crippen LogP contribution in [0.25, 0.3) is 0 Å². The Morgan fingerprint density at radius 2 is 1.77 bits per heavy atom. The Bertz CT molecular complexity index is 1110. The molecule has 2 unspecified atom stereocenters. The number of amides is 1. The van der Waals surface area contributed by atoms with Gasteiger partial charge in [0.1, 0.15) is 5.82 Å². The molecule has 1 aromatic heterocycles. The summed E-state index contributed by atoms with van der Waals surface area (Å²) in [6.07, 6.45) is 2.70. The van der Waals surface area contributed by atoms with Crippen LogP contribution in [-0.4, -0.2) is 97.3 Å². The highest BCUT2D eigenvalue weighted by Gasteiger charge is 2.19. The molecule has 0 spiro atoms. The van der Waals surface area contributed by atoms with Crippen molar-refractivity contribution in [3.8, 4) is 5.75 Å². The van der Waals surface area contributed by atoms with Crippen LogP contribution in [0.15, 0.2) is 29.3 Å². The molecule has 0 aliphatic carbocycles. The number of benzene rings is 1. The number of nitrogens with one attached hydrogen (secondary N) is 2. The van der Waals surface area contributed by atoms with Gasteiger partial charge in [-0.3, -0.25) is 23.7 Å². The van der Waals surface area contributed by atoms with Gasteiger partial charge in [0.2, 0.25) is 5.75 Å². The van der Waals surface area contributed by atoms with Crippen molar-refractivity contribution in [1.29, 1.82) is 0 Å². The summed E-state index contributed by atoms with van der Waals surface area (Å²) in [6.45, 7) is 7.75. The highest BCUT2D eigenvalue weighted by molar-refractivity contribution is 6.09. The Morgan fingerprint density at radius 3 is 2.27 bits per heavy atom. The molecule has 0 bridgehead atoms. The number of carbonyl (C=O) groups is 3. The second-order valence-corrected chi connectivity index (χ2v) is 9.94. The first kappa shape index (κ1) is 36.5. The smallest absolute Gasteiger partial charge is 0.296 e. The Hall–Kier alpha value is -3.48. The van der Waals surface area contributed by atoms with Crippen LogP contribution in [-0.2, 0) is 22.7 Å². The first-order valence-electron chi connectivity index (χ1n) is 13.0. The molecule has 40 heavy (non-hydrogen) atoms. The highest BCUT2D eigenvalue weighted by Crippen LogP contribution is 2.12. The minimum atomic E-state index is -0.688. The van der Waals surface area contributed by atoms with Crippen LogP contribution in [0, 0.1) is 18.7 Å². The summed E-state index contributed by atoms with van der Waals surface area (Å²) in [7, 11) is 10.1. The molecular weight excluding hydrogens is 519 g/mol. The highest BCUT2D eigenvalue weighted by atomic mass is 19.1. The van der Waals surface area contributed by atoms with Crippen LogP contribution < -0.4 is 16.2 Å². The Labute approximate surface area is 236 Å². The molecule has 0 fully saturated rings. The van der Waals surface area contributed by atoms with Gasteiger partial charge in [-0.15, -0.1) is 0 Å². The zero-order chi connectivity index (χ0) is 30.8. The lowest BCUT2D eigenvalue weighted by atomic mass is 9.98. The first-order valence-corrected chi connectivity index (χ1v) is 13.0. The molecule has 1 amide bonds. The number of aromatic hydroxyl groups is 1. The van der Waals surface area contributed by atoms with Crippen LogP contribution in [0.5, 0.6) is 5.75 Å². The summed E-state index contributed by atoms with van der Waals surface area (Å²) in [5.74, 6) is -1.24. The molecular formula is C28H45FN6O5. The van der Waals surface area contributed by atoms with E-state index in [9.17, 15) is 19.1 Å². The van der Waals surface area contributed by atoms with Crippen LogP contribution in [0.1, 0.15) is 41.9 Å². The summed E-state index contributed by atoms with van der Waals surface area (Å²) >= 11 is 0. The van der Waals surface area contributed by atoms with Gasteiger partial charge in [-0.1, -0.05) is 26.0 Å². The van der Waals surface area contributed by atoms with Crippen molar-refractivity contribution in [3.63, 3.8) is 0 Å². The van der Waals surface area contributed by atoms with Crippen molar-refractivity contribution in [2.75, 3.05) is 48.3 Å². The minimum Gasteiger partial charge on any atom is -0.501 e. The molecule has 1 aromatic carbocycles. The predicted octanol–water partition coefficient (Wildman–Crippen LogP) is 1.45. The zero-order valence-corrected chi connectivity index (χ0v) is 24.9. The molecule has 12 heteroatoms. The van der Waals surface area contributed by atoms with Crippen molar-refractivity contribution in [3.05, 3.63) is 57.5 Å². The fourth-order valence-corrected chi connectivity index (χ4v) is 3.83. The summed E-state index contributed by atoms with van der Waals surface area (Å²) in [4.78, 5) is 50.6. The van der Waals surface area contributed by atoms with Gasteiger partial charge < -0.3 is 25.5 Å². The molecule has 224 valence electrons. The number of aryl methyl sites for hydroxylation is 1. The van der Waals surface area contributed by atoms with E-state index in [1.165, 1.54) is 17.0 Å².